The summed E-state index contributed by atoms with van der Waals surface area (Å²) in [7, 11) is 0. The molecule has 0 aromatic rings. The van der Waals surface area contributed by atoms with Crippen LogP contribution in [-0.2, 0) is 11.2 Å². The molecule has 1 saturated heterocycles. The fraction of sp³-hybridized carbons (Fsp3) is 1.00. The zero-order valence-corrected chi connectivity index (χ0v) is 10.6. The number of alkyl halides is 2. The molecule has 0 unspecified atom stereocenters. The molecule has 0 amide bonds. The van der Waals surface area contributed by atoms with E-state index in [-0.39, 0.29) is 0 Å². The Hall–Kier alpha value is 1.73. The fourth-order valence-corrected chi connectivity index (χ4v) is 3.04. The Balaban J connectivity index is 2.26. The quantitative estimate of drug-likeness (QED) is 0.294. The van der Waals surface area contributed by atoms with Crippen LogP contribution in [0.25, 0.3) is 0 Å². The average molecular weight is 385 g/mol. The van der Waals surface area contributed by atoms with E-state index in [1.165, 1.54) is 0 Å². The van der Waals surface area contributed by atoms with E-state index in [0.29, 0.717) is 2.06 Å². The van der Waals surface area contributed by atoms with Gasteiger partial charge in [0.1, 0.15) is 13.6 Å². The van der Waals surface area contributed by atoms with Crippen LogP contribution in [0.3, 0.4) is 0 Å². The summed E-state index contributed by atoms with van der Waals surface area (Å²) in [5.74, 6) is 1.73. The summed E-state index contributed by atoms with van der Waals surface area (Å²) < 4.78 is 11.5. The monoisotopic (exact) mass is 385 g/mol. The molecule has 1 heterocycles. The van der Waals surface area contributed by atoms with E-state index >= 15 is 0 Å². The summed E-state index contributed by atoms with van der Waals surface area (Å²) in [6.45, 7) is 2.01. The van der Waals surface area contributed by atoms with Gasteiger partial charge in [-0.3, -0.25) is 4.90 Å². The van der Waals surface area contributed by atoms with Gasteiger partial charge in [0, 0.05) is 13.1 Å². The van der Waals surface area contributed by atoms with Gasteiger partial charge in [0.25, 0.3) is 0 Å². The molecule has 1 aliphatic heterocycles. The lowest BCUT2D eigenvalue weighted by atomic mass is 10.6. The molecule has 10 heavy (non-hydrogen) atoms. The molecule has 0 N–H and O–H groups in total. The average Bonchev–Trinajstić information content (AvgIpc) is 1.88. The van der Waals surface area contributed by atoms with Crippen molar-refractivity contribution in [1.82, 2.24) is 4.90 Å². The van der Waals surface area contributed by atoms with E-state index in [0.717, 1.165) is 24.6 Å². The van der Waals surface area contributed by atoms with Crippen molar-refractivity contribution in [3.05, 3.63) is 0 Å². The molecule has 0 bridgehead atoms. The van der Waals surface area contributed by atoms with Crippen LogP contribution in [0.4, 0.5) is 0 Å². The molecule has 2 nitrogen and oxygen atoms in total. The maximum atomic E-state index is 10.9. The summed E-state index contributed by atoms with van der Waals surface area (Å²) in [6.07, 6.45) is 0. The maximum Gasteiger partial charge on any atom is 0.118 e. The predicted octanol–water partition coefficient (Wildman–Crippen LogP) is 1.20. The highest BCUT2D eigenvalue weighted by molar-refractivity contribution is 14.2. The van der Waals surface area contributed by atoms with Crippen LogP contribution >= 0.6 is 45.2 Å². The van der Waals surface area contributed by atoms with Crippen LogP contribution < -0.4 is 0 Å². The van der Waals surface area contributed by atoms with E-state index in [2.05, 4.69) is 50.1 Å². The number of rotatable bonds is 1. The van der Waals surface area contributed by atoms with Gasteiger partial charge in [0.05, 0.1) is 0 Å². The van der Waals surface area contributed by atoms with Crippen molar-refractivity contribution < 1.29 is 4.55 Å². The van der Waals surface area contributed by atoms with Gasteiger partial charge in [-0.25, -0.2) is 0 Å². The number of nitrogens with zero attached hydrogens (tertiary/aromatic N) is 1. The lowest BCUT2D eigenvalue weighted by Gasteiger charge is -2.28. The first-order valence-electron chi connectivity index (χ1n) is 3.07. The Morgan fingerprint density at radius 1 is 1.30 bits per heavy atom. The molecule has 0 spiro atoms. The number of halogens is 2. The number of hydrogen-bond acceptors (Lipinski definition) is 2. The molecular weight excluding hydrogens is 376 g/mol. The highest BCUT2D eigenvalue weighted by Crippen LogP contribution is 2.18. The van der Waals surface area contributed by atoms with E-state index in [1.54, 1.807) is 0 Å². The first kappa shape index (κ1) is 9.82. The van der Waals surface area contributed by atoms with Crippen molar-refractivity contribution in [2.75, 3.05) is 24.6 Å². The third-order valence-corrected chi connectivity index (χ3v) is 4.34. The normalized spacial score (nSPS) is 24.0. The molecule has 1 fully saturated rings. The van der Waals surface area contributed by atoms with Crippen molar-refractivity contribution in [2.45, 2.75) is 2.06 Å². The third-order valence-electron chi connectivity index (χ3n) is 1.49. The Morgan fingerprint density at radius 3 is 2.20 bits per heavy atom. The van der Waals surface area contributed by atoms with Crippen molar-refractivity contribution in [3.8, 4) is 0 Å². The largest absolute Gasteiger partial charge is 0.616 e. The molecule has 0 radical (unpaired) electrons. The summed E-state index contributed by atoms with van der Waals surface area (Å²) in [5.41, 5.74) is 0. The summed E-state index contributed by atoms with van der Waals surface area (Å²) in [6, 6.07) is 0. The minimum atomic E-state index is -0.526. The molecule has 0 aromatic carbocycles. The molecule has 1 aliphatic rings. The SMILES string of the molecule is [O-][S+]1CCN(C(I)I)CC1. The summed E-state index contributed by atoms with van der Waals surface area (Å²) in [5, 5.41) is 0. The minimum Gasteiger partial charge on any atom is -0.616 e. The number of hydrogen-bond donors (Lipinski definition) is 0. The molecule has 0 aliphatic carbocycles. The minimum absolute atomic E-state index is 0.526. The van der Waals surface area contributed by atoms with Gasteiger partial charge in [0.15, 0.2) is 0 Å². The molecule has 5 heteroatoms. The van der Waals surface area contributed by atoms with Crippen LogP contribution in [0.5, 0.6) is 0 Å². The van der Waals surface area contributed by atoms with Gasteiger partial charge in [-0.1, -0.05) is 56.4 Å². The van der Waals surface area contributed by atoms with Crippen LogP contribution in [-0.4, -0.2) is 36.1 Å². The first-order chi connectivity index (χ1) is 4.70. The summed E-state index contributed by atoms with van der Waals surface area (Å²) >= 11 is 4.24. The highest BCUT2D eigenvalue weighted by Gasteiger charge is 2.22. The van der Waals surface area contributed by atoms with Gasteiger partial charge in [-0.05, 0) is 0 Å². The molecular formula is C5H9I2NOS. The zero-order chi connectivity index (χ0) is 7.56. The summed E-state index contributed by atoms with van der Waals surface area (Å²) in [4.78, 5) is 2.35. The third kappa shape index (κ3) is 3.00. The van der Waals surface area contributed by atoms with Gasteiger partial charge >= 0.3 is 0 Å². The van der Waals surface area contributed by atoms with Gasteiger partial charge in [-0.15, -0.1) is 0 Å². The Labute approximate surface area is 91.6 Å². The van der Waals surface area contributed by atoms with Crippen molar-refractivity contribution in [1.29, 1.82) is 0 Å². The van der Waals surface area contributed by atoms with Crippen molar-refractivity contribution in [3.63, 3.8) is 0 Å². The molecule has 0 aromatic heterocycles. The zero-order valence-electron chi connectivity index (χ0n) is 5.43. The van der Waals surface area contributed by atoms with E-state index in [9.17, 15) is 4.55 Å². The second kappa shape index (κ2) is 4.68. The second-order valence-corrected chi connectivity index (χ2v) is 8.60. The van der Waals surface area contributed by atoms with Crippen molar-refractivity contribution >= 4 is 56.4 Å². The van der Waals surface area contributed by atoms with Crippen LogP contribution in [0.2, 0.25) is 0 Å². The molecule has 0 saturated carbocycles. The highest BCUT2D eigenvalue weighted by atomic mass is 127. The van der Waals surface area contributed by atoms with Crippen LogP contribution in [0, 0.1) is 0 Å². The lowest BCUT2D eigenvalue weighted by Crippen LogP contribution is -2.41. The predicted molar refractivity (Wildman–Crippen MR) is 61.3 cm³/mol. The van der Waals surface area contributed by atoms with E-state index in [4.69, 9.17) is 0 Å². The maximum absolute atomic E-state index is 10.9. The molecule has 0 atom stereocenters. The van der Waals surface area contributed by atoms with Crippen LogP contribution in [0.15, 0.2) is 0 Å². The van der Waals surface area contributed by atoms with Crippen molar-refractivity contribution in [2.24, 2.45) is 0 Å². The standard InChI is InChI=1S/C5H9I2NOS/c6-5(7)8-1-3-10(9)4-2-8/h5H,1-4H2. The Morgan fingerprint density at radius 2 is 1.80 bits per heavy atom. The Kier molecular flexibility index (Phi) is 4.60. The Bertz CT molecular complexity index is 106. The van der Waals surface area contributed by atoms with E-state index in [1.807, 2.05) is 0 Å². The van der Waals surface area contributed by atoms with Gasteiger partial charge in [-0.2, -0.15) is 0 Å². The molecule has 1 rings (SSSR count). The fourth-order valence-electron chi connectivity index (χ4n) is 0.847. The smallest absolute Gasteiger partial charge is 0.118 e. The topological polar surface area (TPSA) is 26.3 Å². The second-order valence-electron chi connectivity index (χ2n) is 2.16. The first-order valence-corrected chi connectivity index (χ1v) is 7.05. The van der Waals surface area contributed by atoms with Gasteiger partial charge in [0.2, 0.25) is 0 Å². The lowest BCUT2D eigenvalue weighted by molar-refractivity contribution is 0.344. The van der Waals surface area contributed by atoms with Crippen LogP contribution in [0.1, 0.15) is 0 Å². The molecule has 60 valence electrons. The van der Waals surface area contributed by atoms with E-state index < -0.39 is 11.2 Å². The van der Waals surface area contributed by atoms with Gasteiger partial charge < -0.3 is 4.55 Å².